The molecule has 0 aromatic rings. The van der Waals surface area contributed by atoms with Gasteiger partial charge < -0.3 is 0 Å². The van der Waals surface area contributed by atoms with E-state index >= 15 is 0 Å². The Balaban J connectivity index is 3.22. The molecule has 0 spiro atoms. The zero-order valence-corrected chi connectivity index (χ0v) is 9.57. The number of rotatable bonds is 1. The number of aliphatic hydroxyl groups excluding tert-OH is 1. The first-order valence-electron chi connectivity index (χ1n) is 1.56. The molecule has 0 aliphatic heterocycles. The Bertz CT molecular complexity index is 61.8. The van der Waals surface area contributed by atoms with E-state index < -0.39 is 0 Å². The van der Waals surface area contributed by atoms with E-state index in [1.807, 2.05) is 3.58 Å². The fraction of sp³-hybridized carbons (Fsp3) is 0.333. The summed E-state index contributed by atoms with van der Waals surface area (Å²) in [4.78, 5) is 0. The number of hydrogen-bond acceptors (Lipinski definition) is 1. The molecule has 0 saturated heterocycles. The zero-order chi connectivity index (χ0) is 4.99. The van der Waals surface area contributed by atoms with E-state index in [4.69, 9.17) is 16.7 Å². The minimum absolute atomic E-state index is 0.00502. The van der Waals surface area contributed by atoms with Gasteiger partial charge in [-0.25, -0.2) is 0 Å². The summed E-state index contributed by atoms with van der Waals surface area (Å²) in [5.74, 6) is 0. The molecule has 0 radical (unpaired) electrons. The van der Waals surface area contributed by atoms with Crippen molar-refractivity contribution >= 4 is 11.6 Å². The van der Waals surface area contributed by atoms with Crippen LogP contribution in [0.25, 0.3) is 0 Å². The quantitative estimate of drug-likeness (QED) is 0.702. The molecule has 3 heteroatoms. The van der Waals surface area contributed by atoms with E-state index in [1.165, 1.54) is 0 Å². The van der Waals surface area contributed by atoms with Crippen LogP contribution in [-0.4, -0.2) is 11.7 Å². The molecule has 0 saturated carbocycles. The zero-order valence-electron chi connectivity index (χ0n) is 3.32. The molecule has 1 N–H and O–H groups in total. The van der Waals surface area contributed by atoms with Crippen molar-refractivity contribution < 1.29 is 31.2 Å². The fourth-order valence-electron chi connectivity index (χ4n) is 0.0645. The summed E-state index contributed by atoms with van der Waals surface area (Å²) in [7, 11) is 0. The van der Waals surface area contributed by atoms with Crippen molar-refractivity contribution in [1.29, 1.82) is 0 Å². The van der Waals surface area contributed by atoms with E-state index in [1.54, 1.807) is 0 Å². The Morgan fingerprint density at radius 3 is 2.50 bits per heavy atom. The van der Waals surface area contributed by atoms with Crippen LogP contribution in [0.5, 0.6) is 0 Å². The van der Waals surface area contributed by atoms with Crippen molar-refractivity contribution in [2.45, 2.75) is 0 Å². The van der Waals surface area contributed by atoms with Gasteiger partial charge in [-0.3, -0.25) is 0 Å². The number of halogens is 1. The Morgan fingerprint density at radius 1 is 2.00 bits per heavy atom. The second-order valence-electron chi connectivity index (χ2n) is 0.809. The maximum atomic E-state index is 8.17. The minimum atomic E-state index is 0.00502. The molecule has 0 amide bonds. The molecule has 0 aromatic carbocycles. The van der Waals surface area contributed by atoms with Gasteiger partial charge in [0.05, 0.1) is 0 Å². The summed E-state index contributed by atoms with van der Waals surface area (Å²) in [6, 6.07) is 0. The Hall–Kier alpha value is 0.925. The second kappa shape index (κ2) is 4.09. The van der Waals surface area contributed by atoms with Crippen LogP contribution < -0.4 is 0 Å². The molecule has 1 nitrogen and oxygen atoms in total. The first kappa shape index (κ1) is 6.93. The summed E-state index contributed by atoms with van der Waals surface area (Å²) in [6.07, 6.45) is 0. The van der Waals surface area contributed by atoms with Crippen LogP contribution in [0.15, 0.2) is 8.62 Å². The topological polar surface area (TPSA) is 20.2 Å². The van der Waals surface area contributed by atoms with Gasteiger partial charge in [-0.1, -0.05) is 0 Å². The van der Waals surface area contributed by atoms with Crippen LogP contribution >= 0.6 is 11.6 Å². The molecule has 0 bridgehead atoms. The Morgan fingerprint density at radius 2 is 2.50 bits per heavy atom. The monoisotopic (exact) mass is 293 g/mol. The van der Waals surface area contributed by atoms with E-state index in [2.05, 4.69) is 0 Å². The van der Waals surface area contributed by atoms with Crippen LogP contribution in [0.3, 0.4) is 0 Å². The third kappa shape index (κ3) is 3.13. The van der Waals surface area contributed by atoms with Gasteiger partial charge in [0.1, 0.15) is 0 Å². The van der Waals surface area contributed by atoms with Crippen LogP contribution in [0.4, 0.5) is 0 Å². The molecular weight excluding hydrogens is 288 g/mol. The van der Waals surface area contributed by atoms with Gasteiger partial charge in [-0.2, -0.15) is 0 Å². The molecule has 30 valence electrons. The predicted octanol–water partition coefficient (Wildman–Crippen LogP) is 0.606. The van der Waals surface area contributed by atoms with Crippen molar-refractivity contribution in [1.82, 2.24) is 0 Å². The molecule has 0 aliphatic carbocycles. The average Bonchev–Trinajstić information content (AvgIpc) is 1.65. The van der Waals surface area contributed by atoms with Gasteiger partial charge in [0.25, 0.3) is 0 Å². The number of aliphatic hydroxyl groups is 1. The first-order chi connectivity index (χ1) is 2.81. The van der Waals surface area contributed by atoms with Gasteiger partial charge in [0.15, 0.2) is 0 Å². The Labute approximate surface area is 58.0 Å². The SMILES string of the molecule is OC/C(Cl)=[CH]\[Hg+]. The van der Waals surface area contributed by atoms with Crippen LogP contribution in [0.1, 0.15) is 0 Å². The molecule has 0 unspecified atom stereocenters. The van der Waals surface area contributed by atoms with Crippen LogP contribution in [0, 0.1) is 0 Å². The van der Waals surface area contributed by atoms with E-state index in [9.17, 15) is 0 Å². The molecule has 0 aromatic heterocycles. The summed E-state index contributed by atoms with van der Waals surface area (Å²) in [6.45, 7) is 0.00502. The second-order valence-corrected chi connectivity index (χ2v) is 2.88. The normalized spacial score (nSPS) is 12.3. The van der Waals surface area contributed by atoms with Gasteiger partial charge >= 0.3 is 58.1 Å². The summed E-state index contributed by atoms with van der Waals surface area (Å²) < 4.78 is 1.85. The van der Waals surface area contributed by atoms with Crippen LogP contribution in [-0.2, 0) is 26.1 Å². The van der Waals surface area contributed by atoms with Crippen molar-refractivity contribution in [3.8, 4) is 0 Å². The van der Waals surface area contributed by atoms with Gasteiger partial charge in [0.2, 0.25) is 0 Å². The molecule has 6 heavy (non-hydrogen) atoms. The molecule has 0 atom stereocenters. The first-order valence-corrected chi connectivity index (χ1v) is 5.11. The van der Waals surface area contributed by atoms with Crippen molar-refractivity contribution in [2.24, 2.45) is 0 Å². The molecule has 0 rings (SSSR count). The predicted molar refractivity (Wildman–Crippen MR) is 21.0 cm³/mol. The van der Waals surface area contributed by atoms with Gasteiger partial charge in [-0.15, -0.1) is 0 Å². The summed E-state index contributed by atoms with van der Waals surface area (Å²) in [5, 5.41) is 8.75. The summed E-state index contributed by atoms with van der Waals surface area (Å²) >= 11 is 5.90. The standard InChI is InChI=1S/C3H4ClO.Hg/c1-3(4)2-5;/h1,5H,2H2;/q;+1. The van der Waals surface area contributed by atoms with Crippen LogP contribution in [0.2, 0.25) is 0 Å². The third-order valence-corrected chi connectivity index (χ3v) is 3.57. The molecule has 0 heterocycles. The van der Waals surface area contributed by atoms with E-state index in [-0.39, 0.29) is 6.61 Å². The molecule has 0 aliphatic rings. The van der Waals surface area contributed by atoms with Gasteiger partial charge in [-0.05, 0) is 0 Å². The van der Waals surface area contributed by atoms with E-state index in [0.29, 0.717) is 31.2 Å². The van der Waals surface area contributed by atoms with Crippen molar-refractivity contribution in [3.05, 3.63) is 8.62 Å². The molecular formula is C3H4ClHgO+. The fourth-order valence-corrected chi connectivity index (χ4v) is 0.566. The average molecular weight is 292 g/mol. The van der Waals surface area contributed by atoms with Crippen molar-refractivity contribution in [2.75, 3.05) is 6.61 Å². The third-order valence-electron chi connectivity index (χ3n) is 0.373. The van der Waals surface area contributed by atoms with Crippen molar-refractivity contribution in [3.63, 3.8) is 0 Å². The molecule has 0 fully saturated rings. The maximum absolute atomic E-state index is 8.17. The van der Waals surface area contributed by atoms with E-state index in [0.717, 1.165) is 0 Å². The summed E-state index contributed by atoms with van der Waals surface area (Å²) in [5.41, 5.74) is 0. The number of hydrogen-bond donors (Lipinski definition) is 1. The Kier molecular flexibility index (Phi) is 4.73. The van der Waals surface area contributed by atoms with Gasteiger partial charge in [0, 0.05) is 0 Å².